The third-order valence-electron chi connectivity index (χ3n) is 5.54. The van der Waals surface area contributed by atoms with Crippen LogP contribution in [0.5, 0.6) is 0 Å². The average Bonchev–Trinajstić information content (AvgIpc) is 2.70. The van der Waals surface area contributed by atoms with Crippen LogP contribution in [0, 0.1) is 0 Å². The quantitative estimate of drug-likeness (QED) is 0.387. The third-order valence-corrected chi connectivity index (χ3v) is 9.82. The number of rotatable bonds is 6. The van der Waals surface area contributed by atoms with Gasteiger partial charge in [0, 0.05) is 18.8 Å². The molecule has 0 radical (unpaired) electrons. The van der Waals surface area contributed by atoms with E-state index in [0.717, 1.165) is 65.7 Å². The predicted octanol–water partition coefficient (Wildman–Crippen LogP) is -0.696. The maximum absolute atomic E-state index is 5.62. The highest BCUT2D eigenvalue weighted by atomic mass is 127. The molecule has 2 fully saturated rings. The lowest BCUT2D eigenvalue weighted by molar-refractivity contribution is -0.00000677. The van der Waals surface area contributed by atoms with E-state index in [-0.39, 0.29) is 24.0 Å². The highest BCUT2D eigenvalue weighted by Gasteiger charge is 2.49. The minimum Gasteiger partial charge on any atom is -1.00 e. The maximum Gasteiger partial charge on any atom is 0.183 e. The minimum atomic E-state index is -1.55. The van der Waals surface area contributed by atoms with Crippen LogP contribution < -0.4 is 34.2 Å². The Morgan fingerprint density at radius 1 is 0.846 bits per heavy atom. The van der Waals surface area contributed by atoms with E-state index in [1.165, 1.54) is 11.0 Å². The summed E-state index contributed by atoms with van der Waals surface area (Å²) in [5.41, 5.74) is 1.32. The van der Waals surface area contributed by atoms with E-state index in [2.05, 4.69) is 59.0 Å². The molecule has 0 aliphatic carbocycles. The Bertz CT molecular complexity index is 512. The van der Waals surface area contributed by atoms with Gasteiger partial charge < -0.3 is 38.4 Å². The maximum atomic E-state index is 5.62. The lowest BCUT2D eigenvalue weighted by Gasteiger charge is -2.43. The van der Waals surface area contributed by atoms with Crippen LogP contribution in [0.1, 0.15) is 13.8 Å². The Morgan fingerprint density at radius 3 is 1.65 bits per heavy atom. The van der Waals surface area contributed by atoms with Crippen molar-refractivity contribution in [3.63, 3.8) is 0 Å². The van der Waals surface area contributed by atoms with E-state index < -0.39 is 7.56 Å². The molecule has 7 heteroatoms. The topological polar surface area (TPSA) is 28.2 Å². The number of nitrogens with zero attached hydrogens (tertiary/aromatic N) is 3. The fraction of sp³-hybridized carbons (Fsp3) is 0.684. The Morgan fingerprint density at radius 2 is 1.27 bits per heavy atom. The van der Waals surface area contributed by atoms with E-state index >= 15 is 0 Å². The monoisotopic (exact) mass is 493 g/mol. The van der Waals surface area contributed by atoms with Crippen LogP contribution in [-0.4, -0.2) is 81.7 Å². The van der Waals surface area contributed by atoms with Gasteiger partial charge in [-0.25, -0.2) is 0 Å². The number of hydrogen-bond donors (Lipinski definition) is 0. The van der Waals surface area contributed by atoms with Gasteiger partial charge >= 0.3 is 0 Å². The molecule has 0 bridgehead atoms. The summed E-state index contributed by atoms with van der Waals surface area (Å²) in [6.45, 7) is 16.5. The van der Waals surface area contributed by atoms with Crippen molar-refractivity contribution in [3.8, 4) is 0 Å². The summed E-state index contributed by atoms with van der Waals surface area (Å²) in [4.78, 5) is 2.41. The predicted molar refractivity (Wildman–Crippen MR) is 107 cm³/mol. The summed E-state index contributed by atoms with van der Waals surface area (Å²) in [5, 5.41) is 1.48. The standard InChI is InChI=1S/C19H33N3O2P.HI/c1-4-20(5-2)18-6-8-19(9-7-18)25(3,21-10-14-23-15-11-21)22-12-16-24-17-13-22;/h6-9H,4-5,10-17H2,1-3H3;1H/q+1;/p-1. The molecule has 0 saturated carbocycles. The fourth-order valence-electron chi connectivity index (χ4n) is 3.93. The van der Waals surface area contributed by atoms with Crippen molar-refractivity contribution in [3.05, 3.63) is 24.3 Å². The molecule has 0 N–H and O–H groups in total. The first-order valence-corrected chi connectivity index (χ1v) is 11.7. The van der Waals surface area contributed by atoms with E-state index in [9.17, 15) is 0 Å². The molecule has 2 aliphatic heterocycles. The van der Waals surface area contributed by atoms with E-state index in [1.807, 2.05) is 0 Å². The second-order valence-electron chi connectivity index (χ2n) is 6.73. The normalized spacial score (nSPS) is 19.8. The van der Waals surface area contributed by atoms with Crippen molar-refractivity contribution < 1.29 is 33.5 Å². The van der Waals surface area contributed by atoms with Crippen LogP contribution in [0.3, 0.4) is 0 Å². The highest BCUT2D eigenvalue weighted by Crippen LogP contribution is 2.60. The van der Waals surface area contributed by atoms with Gasteiger partial charge in [0.05, 0.1) is 59.3 Å². The molecule has 1 aromatic carbocycles. The van der Waals surface area contributed by atoms with Gasteiger partial charge in [0.2, 0.25) is 0 Å². The van der Waals surface area contributed by atoms with Gasteiger partial charge in [-0.3, -0.25) is 0 Å². The molecule has 5 nitrogen and oxygen atoms in total. The smallest absolute Gasteiger partial charge is 0.183 e. The molecule has 0 unspecified atom stereocenters. The zero-order valence-electron chi connectivity index (χ0n) is 16.4. The molecule has 148 valence electrons. The first kappa shape index (κ1) is 22.3. The van der Waals surface area contributed by atoms with E-state index in [4.69, 9.17) is 9.47 Å². The summed E-state index contributed by atoms with van der Waals surface area (Å²) >= 11 is 0. The molecule has 2 heterocycles. The number of benzene rings is 1. The summed E-state index contributed by atoms with van der Waals surface area (Å²) in [6.07, 6.45) is 0. The molecule has 0 spiro atoms. The zero-order valence-corrected chi connectivity index (χ0v) is 19.4. The molecule has 2 aliphatic rings. The van der Waals surface area contributed by atoms with Gasteiger partial charge in [0.1, 0.15) is 5.30 Å². The molecular weight excluding hydrogens is 460 g/mol. The van der Waals surface area contributed by atoms with Gasteiger partial charge in [0.25, 0.3) is 0 Å². The van der Waals surface area contributed by atoms with Crippen LogP contribution in [-0.2, 0) is 9.47 Å². The van der Waals surface area contributed by atoms with Crippen LogP contribution in [0.4, 0.5) is 5.69 Å². The number of anilines is 1. The number of ether oxygens (including phenoxy) is 2. The Labute approximate surface area is 176 Å². The Kier molecular flexibility index (Phi) is 9.04. The number of halogens is 1. The van der Waals surface area contributed by atoms with E-state index in [0.29, 0.717) is 0 Å². The van der Waals surface area contributed by atoms with Crippen molar-refractivity contribution in [2.45, 2.75) is 13.8 Å². The lowest BCUT2D eigenvalue weighted by atomic mass is 10.3. The molecule has 0 amide bonds. The van der Waals surface area contributed by atoms with Crippen LogP contribution in [0.2, 0.25) is 0 Å². The fourth-order valence-corrected chi connectivity index (χ4v) is 7.54. The highest BCUT2D eigenvalue weighted by molar-refractivity contribution is 7.78. The van der Waals surface area contributed by atoms with Crippen molar-refractivity contribution in [1.29, 1.82) is 0 Å². The second-order valence-corrected chi connectivity index (χ2v) is 10.2. The molecule has 1 aromatic rings. The van der Waals surface area contributed by atoms with Gasteiger partial charge in [0.15, 0.2) is 7.56 Å². The average molecular weight is 493 g/mol. The molecule has 3 rings (SSSR count). The van der Waals surface area contributed by atoms with Gasteiger partial charge in [-0.1, -0.05) is 0 Å². The molecule has 26 heavy (non-hydrogen) atoms. The third kappa shape index (κ3) is 4.70. The number of morpholine rings is 2. The lowest BCUT2D eigenvalue weighted by Crippen LogP contribution is -3.00. The van der Waals surface area contributed by atoms with Crippen LogP contribution in [0.25, 0.3) is 0 Å². The van der Waals surface area contributed by atoms with Gasteiger partial charge in [-0.2, -0.15) is 9.34 Å². The van der Waals surface area contributed by atoms with E-state index in [1.54, 1.807) is 0 Å². The minimum absolute atomic E-state index is 0. The Balaban J connectivity index is 0.00000243. The molecule has 0 atom stereocenters. The summed E-state index contributed by atoms with van der Waals surface area (Å²) in [6, 6.07) is 9.35. The summed E-state index contributed by atoms with van der Waals surface area (Å²) in [7, 11) is -1.55. The summed E-state index contributed by atoms with van der Waals surface area (Å²) < 4.78 is 16.6. The van der Waals surface area contributed by atoms with Crippen LogP contribution >= 0.6 is 7.56 Å². The molecular formula is C19H33IN3O2P. The summed E-state index contributed by atoms with van der Waals surface area (Å²) in [5.74, 6) is 0. The largest absolute Gasteiger partial charge is 1.00 e. The molecule has 2 saturated heterocycles. The number of hydrogen-bond acceptors (Lipinski definition) is 5. The van der Waals surface area contributed by atoms with Gasteiger partial charge in [-0.15, -0.1) is 0 Å². The second kappa shape index (κ2) is 10.5. The van der Waals surface area contributed by atoms with Crippen molar-refractivity contribution >= 4 is 18.6 Å². The van der Waals surface area contributed by atoms with Gasteiger partial charge in [-0.05, 0) is 38.1 Å². The SMILES string of the molecule is CCN(CC)c1ccc([P+](C)(N2CCOCC2)N2CCOCC2)cc1.[I-]. The zero-order chi connectivity index (χ0) is 17.7. The first-order chi connectivity index (χ1) is 12.2. The van der Waals surface area contributed by atoms with Crippen molar-refractivity contribution in [2.75, 3.05) is 77.3 Å². The first-order valence-electron chi connectivity index (χ1n) is 9.58. The van der Waals surface area contributed by atoms with Crippen LogP contribution in [0.15, 0.2) is 24.3 Å². The molecule has 0 aromatic heterocycles. The Hall–Kier alpha value is 0.0200. The van der Waals surface area contributed by atoms with Crippen molar-refractivity contribution in [1.82, 2.24) is 9.34 Å². The van der Waals surface area contributed by atoms with Crippen molar-refractivity contribution in [2.24, 2.45) is 0 Å².